The van der Waals surface area contributed by atoms with E-state index in [1.807, 2.05) is 0 Å². The summed E-state index contributed by atoms with van der Waals surface area (Å²) in [7, 11) is 0. The minimum atomic E-state index is -4.60. The average Bonchev–Trinajstić information content (AvgIpc) is 2.97. The van der Waals surface area contributed by atoms with Gasteiger partial charge in [0.25, 0.3) is 5.91 Å². The van der Waals surface area contributed by atoms with Crippen molar-refractivity contribution in [1.82, 2.24) is 19.9 Å². The second kappa shape index (κ2) is 4.02. The van der Waals surface area contributed by atoms with Gasteiger partial charge in [0.15, 0.2) is 11.5 Å². The molecule has 0 bridgehead atoms. The maximum Gasteiger partial charge on any atom is 0.434 e. The van der Waals surface area contributed by atoms with Crippen molar-refractivity contribution in [3.63, 3.8) is 0 Å². The number of aromatic nitrogens is 3. The third-order valence-corrected chi connectivity index (χ3v) is 2.88. The Bertz CT molecular complexity index is 707. The van der Waals surface area contributed by atoms with Crippen LogP contribution in [0.5, 0.6) is 0 Å². The minimum Gasteiger partial charge on any atom is -0.348 e. The molecule has 1 amide bonds. The molecule has 0 atom stereocenters. The van der Waals surface area contributed by atoms with Crippen LogP contribution in [-0.4, -0.2) is 20.4 Å². The van der Waals surface area contributed by atoms with E-state index in [0.717, 1.165) is 17.1 Å². The number of nitrogens with zero attached hydrogens (tertiary/aromatic N) is 3. The number of alkyl halides is 3. The van der Waals surface area contributed by atoms with Crippen molar-refractivity contribution in [1.29, 1.82) is 0 Å². The zero-order valence-corrected chi connectivity index (χ0v) is 9.70. The first kappa shape index (κ1) is 12.6. The van der Waals surface area contributed by atoms with E-state index in [-0.39, 0.29) is 23.5 Å². The first-order valence-electron chi connectivity index (χ1n) is 5.45. The molecule has 0 saturated heterocycles. The van der Waals surface area contributed by atoms with Crippen molar-refractivity contribution < 1.29 is 22.4 Å². The molecule has 0 spiro atoms. The van der Waals surface area contributed by atoms with Crippen LogP contribution in [0.2, 0.25) is 0 Å². The molecule has 0 fully saturated rings. The first-order chi connectivity index (χ1) is 9.38. The highest BCUT2D eigenvalue weighted by Gasteiger charge is 2.34. The van der Waals surface area contributed by atoms with E-state index in [2.05, 4.69) is 15.3 Å². The number of pyridine rings is 1. The quantitative estimate of drug-likeness (QED) is 0.811. The Kier molecular flexibility index (Phi) is 2.53. The van der Waals surface area contributed by atoms with Gasteiger partial charge in [-0.3, -0.25) is 9.36 Å². The zero-order chi connectivity index (χ0) is 14.5. The van der Waals surface area contributed by atoms with Crippen LogP contribution in [0.15, 0.2) is 18.7 Å². The van der Waals surface area contributed by atoms with E-state index in [9.17, 15) is 22.4 Å². The molecule has 5 nitrogen and oxygen atoms in total. The van der Waals surface area contributed by atoms with Crippen molar-refractivity contribution in [2.45, 2.75) is 12.7 Å². The fourth-order valence-electron chi connectivity index (χ4n) is 1.96. The summed E-state index contributed by atoms with van der Waals surface area (Å²) in [5.74, 6) is -1.35. The summed E-state index contributed by atoms with van der Waals surface area (Å²) in [6.45, 7) is -0.0175. The summed E-state index contributed by atoms with van der Waals surface area (Å²) in [5, 5.41) is 2.40. The van der Waals surface area contributed by atoms with Gasteiger partial charge in [0.2, 0.25) is 0 Å². The van der Waals surface area contributed by atoms with E-state index in [0.29, 0.717) is 6.20 Å². The van der Waals surface area contributed by atoms with Crippen LogP contribution in [0.3, 0.4) is 0 Å². The normalized spacial score (nSPS) is 14.3. The monoisotopic (exact) mass is 286 g/mol. The average molecular weight is 286 g/mol. The van der Waals surface area contributed by atoms with Crippen molar-refractivity contribution in [3.05, 3.63) is 41.4 Å². The van der Waals surface area contributed by atoms with Crippen LogP contribution in [0.1, 0.15) is 21.6 Å². The molecule has 1 aliphatic heterocycles. The zero-order valence-electron chi connectivity index (χ0n) is 9.70. The first-order valence-corrected chi connectivity index (χ1v) is 5.45. The van der Waals surface area contributed by atoms with Crippen LogP contribution in [0.4, 0.5) is 17.6 Å². The molecule has 0 radical (unpaired) electrons. The number of fused-ring (bicyclic) bond motifs is 1. The molecule has 3 heterocycles. The predicted octanol–water partition coefficient (Wildman–Crippen LogP) is 1.67. The Balaban J connectivity index is 2.15. The van der Waals surface area contributed by atoms with Gasteiger partial charge in [0.1, 0.15) is 12.1 Å². The summed E-state index contributed by atoms with van der Waals surface area (Å²) in [4.78, 5) is 18.5. The summed E-state index contributed by atoms with van der Waals surface area (Å²) in [5.41, 5.74) is -1.10. The van der Waals surface area contributed by atoms with Gasteiger partial charge in [0, 0.05) is 18.3 Å². The number of hydrogen-bond acceptors (Lipinski definition) is 3. The van der Waals surface area contributed by atoms with Gasteiger partial charge in [-0.15, -0.1) is 0 Å². The molecule has 0 aromatic carbocycles. The lowest BCUT2D eigenvalue weighted by molar-refractivity contribution is -0.140. The van der Waals surface area contributed by atoms with Crippen LogP contribution in [0.25, 0.3) is 5.82 Å². The topological polar surface area (TPSA) is 59.8 Å². The lowest BCUT2D eigenvalue weighted by Crippen LogP contribution is -2.14. The maximum absolute atomic E-state index is 13.5. The fraction of sp³-hybridized carbons (Fsp3) is 0.182. The lowest BCUT2D eigenvalue weighted by Gasteiger charge is -2.06. The fourth-order valence-corrected chi connectivity index (χ4v) is 1.96. The highest BCUT2D eigenvalue weighted by molar-refractivity contribution is 6.01. The third kappa shape index (κ3) is 1.82. The number of imidazole rings is 1. The summed E-state index contributed by atoms with van der Waals surface area (Å²) >= 11 is 0. The Morgan fingerprint density at radius 3 is 2.70 bits per heavy atom. The molecule has 0 saturated carbocycles. The lowest BCUT2D eigenvalue weighted by atomic mass is 10.1. The summed E-state index contributed by atoms with van der Waals surface area (Å²) < 4.78 is 51.9. The molecule has 20 heavy (non-hydrogen) atoms. The number of nitrogens with one attached hydrogen (secondary N) is 1. The maximum atomic E-state index is 13.5. The van der Waals surface area contributed by atoms with E-state index in [4.69, 9.17) is 0 Å². The van der Waals surface area contributed by atoms with Crippen molar-refractivity contribution in [3.8, 4) is 5.82 Å². The third-order valence-electron chi connectivity index (χ3n) is 2.88. The number of carbonyl (C=O) groups excluding carboxylic acids is 1. The number of rotatable bonds is 1. The number of hydrogen-bond donors (Lipinski definition) is 1. The van der Waals surface area contributed by atoms with Gasteiger partial charge in [-0.05, 0) is 0 Å². The molecule has 9 heteroatoms. The Morgan fingerprint density at radius 1 is 1.30 bits per heavy atom. The van der Waals surface area contributed by atoms with E-state index < -0.39 is 23.6 Å². The van der Waals surface area contributed by atoms with Crippen molar-refractivity contribution in [2.75, 3.05) is 0 Å². The van der Waals surface area contributed by atoms with Crippen LogP contribution in [-0.2, 0) is 12.7 Å². The highest BCUT2D eigenvalue weighted by atomic mass is 19.4. The van der Waals surface area contributed by atoms with Gasteiger partial charge in [-0.25, -0.2) is 14.4 Å². The second-order valence-corrected chi connectivity index (χ2v) is 4.13. The molecule has 3 rings (SSSR count). The van der Waals surface area contributed by atoms with Crippen LogP contribution in [0, 0.1) is 5.82 Å². The van der Waals surface area contributed by atoms with Crippen LogP contribution >= 0.6 is 0 Å². The van der Waals surface area contributed by atoms with Gasteiger partial charge < -0.3 is 5.32 Å². The van der Waals surface area contributed by atoms with E-state index >= 15 is 0 Å². The largest absolute Gasteiger partial charge is 0.434 e. The van der Waals surface area contributed by atoms with Crippen molar-refractivity contribution >= 4 is 5.91 Å². The summed E-state index contributed by atoms with van der Waals surface area (Å²) in [6, 6.07) is 0. The van der Waals surface area contributed by atoms with Crippen LogP contribution < -0.4 is 5.32 Å². The molecular formula is C11H6F4N4O. The predicted molar refractivity (Wildman–Crippen MR) is 57.5 cm³/mol. The molecule has 104 valence electrons. The van der Waals surface area contributed by atoms with Crippen molar-refractivity contribution in [2.24, 2.45) is 0 Å². The number of amides is 1. The Morgan fingerprint density at radius 2 is 2.05 bits per heavy atom. The Hall–Kier alpha value is -2.45. The molecule has 0 aliphatic carbocycles. The molecular weight excluding hydrogens is 280 g/mol. The van der Waals surface area contributed by atoms with Gasteiger partial charge in [-0.1, -0.05) is 0 Å². The smallest absolute Gasteiger partial charge is 0.348 e. The molecule has 1 N–H and O–H groups in total. The number of halogens is 4. The SMILES string of the molecule is O=C1NCc2c(F)cnc(-n3cnc(C(F)(F)F)c3)c21. The molecule has 0 unspecified atom stereocenters. The molecule has 1 aliphatic rings. The van der Waals surface area contributed by atoms with Gasteiger partial charge in [0.05, 0.1) is 11.8 Å². The van der Waals surface area contributed by atoms with E-state index in [1.165, 1.54) is 0 Å². The highest BCUT2D eigenvalue weighted by Crippen LogP contribution is 2.29. The standard InChI is InChI=1S/C11H6F4N4O/c12-6-2-16-9(8-5(6)1-17-10(8)20)19-3-7(18-4-19)11(13,14)15/h2-4H,1H2,(H,17,20). The second-order valence-electron chi connectivity index (χ2n) is 4.13. The van der Waals surface area contributed by atoms with E-state index in [1.54, 1.807) is 0 Å². The summed E-state index contributed by atoms with van der Waals surface area (Å²) in [6.07, 6.45) is -2.15. The minimum absolute atomic E-state index is 0.0175. The molecule has 2 aromatic rings. The number of carbonyl (C=O) groups is 1. The Labute approximate surface area is 109 Å². The van der Waals surface area contributed by atoms with Gasteiger partial charge >= 0.3 is 6.18 Å². The molecule has 2 aromatic heterocycles. The van der Waals surface area contributed by atoms with Gasteiger partial charge in [-0.2, -0.15) is 13.2 Å².